The summed E-state index contributed by atoms with van der Waals surface area (Å²) in [4.78, 5) is 8.85. The number of aliphatic hydroxyl groups excluding tert-OH is 1. The lowest BCUT2D eigenvalue weighted by atomic mass is 10.1. The van der Waals surface area contributed by atoms with Gasteiger partial charge in [-0.3, -0.25) is 9.97 Å². The van der Waals surface area contributed by atoms with Crippen molar-refractivity contribution in [2.45, 2.75) is 19.3 Å². The van der Waals surface area contributed by atoms with E-state index in [1.807, 2.05) is 36.4 Å². The zero-order valence-electron chi connectivity index (χ0n) is 9.71. The minimum Gasteiger partial charge on any atom is -0.396 e. The smallest absolute Gasteiger partial charge is 0.0889 e. The molecule has 0 aromatic carbocycles. The van der Waals surface area contributed by atoms with Crippen LogP contribution in [-0.4, -0.2) is 21.7 Å². The topological polar surface area (TPSA) is 46.0 Å². The summed E-state index contributed by atoms with van der Waals surface area (Å²) in [6.07, 6.45) is 4.47. The van der Waals surface area contributed by atoms with Gasteiger partial charge in [0.25, 0.3) is 0 Å². The van der Waals surface area contributed by atoms with Crippen molar-refractivity contribution in [1.82, 2.24) is 9.97 Å². The van der Waals surface area contributed by atoms with Gasteiger partial charge in [0.15, 0.2) is 0 Å². The minimum absolute atomic E-state index is 0.250. The lowest BCUT2D eigenvalue weighted by Crippen LogP contribution is -1.94. The third kappa shape index (κ3) is 3.36. The molecule has 3 nitrogen and oxygen atoms in total. The van der Waals surface area contributed by atoms with Crippen LogP contribution in [0.5, 0.6) is 0 Å². The maximum Gasteiger partial charge on any atom is 0.0889 e. The first-order valence-corrected chi connectivity index (χ1v) is 5.88. The first-order valence-electron chi connectivity index (χ1n) is 5.88. The molecule has 0 saturated heterocycles. The summed E-state index contributed by atoms with van der Waals surface area (Å²) in [5.74, 6) is 0. The molecule has 0 aliphatic heterocycles. The van der Waals surface area contributed by atoms with Gasteiger partial charge in [-0.25, -0.2) is 0 Å². The number of rotatable bonds is 5. The van der Waals surface area contributed by atoms with Crippen molar-refractivity contribution in [3.63, 3.8) is 0 Å². The van der Waals surface area contributed by atoms with E-state index in [-0.39, 0.29) is 6.61 Å². The fourth-order valence-corrected chi connectivity index (χ4v) is 1.69. The molecule has 88 valence electrons. The molecular weight excluding hydrogens is 212 g/mol. The Morgan fingerprint density at radius 1 is 0.941 bits per heavy atom. The highest BCUT2D eigenvalue weighted by atomic mass is 16.2. The first kappa shape index (κ1) is 11.7. The molecule has 2 aromatic heterocycles. The molecule has 2 heterocycles. The molecular formula is C14H16N2O. The first-order chi connectivity index (χ1) is 8.40. The van der Waals surface area contributed by atoms with E-state index in [1.54, 1.807) is 6.20 Å². The number of pyridine rings is 2. The van der Waals surface area contributed by atoms with Crippen LogP contribution >= 0.6 is 0 Å². The number of hydrogen-bond acceptors (Lipinski definition) is 3. The average Bonchev–Trinajstić information content (AvgIpc) is 2.41. The van der Waals surface area contributed by atoms with Crippen molar-refractivity contribution in [1.29, 1.82) is 0 Å². The molecule has 0 amide bonds. The number of aliphatic hydroxyl groups is 1. The van der Waals surface area contributed by atoms with Gasteiger partial charge >= 0.3 is 0 Å². The Bertz CT molecular complexity index is 457. The summed E-state index contributed by atoms with van der Waals surface area (Å²) in [5.41, 5.74) is 2.87. The molecule has 3 heteroatoms. The summed E-state index contributed by atoms with van der Waals surface area (Å²) >= 11 is 0. The molecule has 0 bridgehead atoms. The van der Waals surface area contributed by atoms with Crippen molar-refractivity contribution in [3.05, 3.63) is 48.3 Å². The average molecular weight is 228 g/mol. The number of aromatic nitrogens is 2. The van der Waals surface area contributed by atoms with Gasteiger partial charge in [0.1, 0.15) is 0 Å². The van der Waals surface area contributed by atoms with Gasteiger partial charge in [-0.1, -0.05) is 12.1 Å². The lowest BCUT2D eigenvalue weighted by molar-refractivity contribution is 0.284. The van der Waals surface area contributed by atoms with Crippen LogP contribution in [0, 0.1) is 0 Å². The monoisotopic (exact) mass is 228 g/mol. The highest BCUT2D eigenvalue weighted by Crippen LogP contribution is 2.14. The molecule has 0 aliphatic rings. The van der Waals surface area contributed by atoms with Crippen LogP contribution in [0.15, 0.2) is 42.6 Å². The van der Waals surface area contributed by atoms with Gasteiger partial charge in [-0.2, -0.15) is 0 Å². The second kappa shape index (κ2) is 6.11. The predicted octanol–water partition coefficient (Wildman–Crippen LogP) is 2.46. The van der Waals surface area contributed by atoms with Crippen LogP contribution in [0.4, 0.5) is 0 Å². The number of nitrogens with zero attached hydrogens (tertiary/aromatic N) is 2. The van der Waals surface area contributed by atoms with Gasteiger partial charge in [0.05, 0.1) is 11.4 Å². The normalized spacial score (nSPS) is 10.4. The lowest BCUT2D eigenvalue weighted by Gasteiger charge is -2.03. The largest absolute Gasteiger partial charge is 0.396 e. The summed E-state index contributed by atoms with van der Waals surface area (Å²) in [5, 5.41) is 8.75. The Hall–Kier alpha value is -1.74. The maximum atomic E-state index is 8.75. The molecule has 0 unspecified atom stereocenters. The van der Waals surface area contributed by atoms with E-state index in [9.17, 15) is 0 Å². The summed E-state index contributed by atoms with van der Waals surface area (Å²) in [6, 6.07) is 11.8. The van der Waals surface area contributed by atoms with Crippen LogP contribution < -0.4 is 0 Å². The molecule has 0 atom stereocenters. The van der Waals surface area contributed by atoms with E-state index in [1.165, 1.54) is 0 Å². The Morgan fingerprint density at radius 2 is 1.82 bits per heavy atom. The van der Waals surface area contributed by atoms with Crippen LogP contribution in [0.25, 0.3) is 11.4 Å². The minimum atomic E-state index is 0.250. The third-order valence-electron chi connectivity index (χ3n) is 2.58. The van der Waals surface area contributed by atoms with Crippen LogP contribution in [-0.2, 0) is 6.42 Å². The van der Waals surface area contributed by atoms with E-state index < -0.39 is 0 Å². The molecule has 2 aromatic rings. The quantitative estimate of drug-likeness (QED) is 0.799. The van der Waals surface area contributed by atoms with E-state index in [4.69, 9.17) is 5.11 Å². The Balaban J connectivity index is 2.12. The highest BCUT2D eigenvalue weighted by Gasteiger charge is 2.01. The zero-order chi connectivity index (χ0) is 11.9. The SMILES string of the molecule is OCCCCc1cccc(-c2ccccn2)n1. The fourth-order valence-electron chi connectivity index (χ4n) is 1.69. The van der Waals surface area contributed by atoms with Crippen molar-refractivity contribution in [2.75, 3.05) is 6.61 Å². The summed E-state index contributed by atoms with van der Waals surface area (Å²) in [7, 11) is 0. The molecule has 17 heavy (non-hydrogen) atoms. The highest BCUT2D eigenvalue weighted by molar-refractivity contribution is 5.53. The second-order valence-electron chi connectivity index (χ2n) is 3.91. The standard InChI is InChI=1S/C14H16N2O/c17-11-4-2-6-12-7-5-9-14(16-12)13-8-1-3-10-15-13/h1,3,5,7-10,17H,2,4,6,11H2. The van der Waals surface area contributed by atoms with E-state index in [0.717, 1.165) is 36.3 Å². The van der Waals surface area contributed by atoms with Gasteiger partial charge in [-0.15, -0.1) is 0 Å². The molecule has 0 aliphatic carbocycles. The van der Waals surface area contributed by atoms with Gasteiger partial charge in [0, 0.05) is 18.5 Å². The Morgan fingerprint density at radius 3 is 2.59 bits per heavy atom. The summed E-state index contributed by atoms with van der Waals surface area (Å²) in [6.45, 7) is 0.250. The van der Waals surface area contributed by atoms with E-state index in [2.05, 4.69) is 9.97 Å². The molecule has 0 radical (unpaired) electrons. The van der Waals surface area contributed by atoms with E-state index in [0.29, 0.717) is 0 Å². The van der Waals surface area contributed by atoms with Crippen molar-refractivity contribution >= 4 is 0 Å². The maximum absolute atomic E-state index is 8.75. The van der Waals surface area contributed by atoms with Crippen molar-refractivity contribution in [2.24, 2.45) is 0 Å². The summed E-state index contributed by atoms with van der Waals surface area (Å²) < 4.78 is 0. The number of hydrogen-bond donors (Lipinski definition) is 1. The number of unbranched alkanes of at least 4 members (excludes halogenated alkanes) is 1. The molecule has 0 fully saturated rings. The van der Waals surface area contributed by atoms with Crippen LogP contribution in [0.1, 0.15) is 18.5 Å². The van der Waals surface area contributed by atoms with Gasteiger partial charge in [0.2, 0.25) is 0 Å². The molecule has 2 rings (SSSR count). The zero-order valence-corrected chi connectivity index (χ0v) is 9.71. The van der Waals surface area contributed by atoms with Crippen LogP contribution in [0.2, 0.25) is 0 Å². The third-order valence-corrected chi connectivity index (χ3v) is 2.58. The predicted molar refractivity (Wildman–Crippen MR) is 67.5 cm³/mol. The van der Waals surface area contributed by atoms with Crippen LogP contribution in [0.3, 0.4) is 0 Å². The molecule has 0 saturated carbocycles. The Kier molecular flexibility index (Phi) is 4.22. The number of aryl methyl sites for hydroxylation is 1. The molecule has 0 spiro atoms. The fraction of sp³-hybridized carbons (Fsp3) is 0.286. The second-order valence-corrected chi connectivity index (χ2v) is 3.91. The molecule has 1 N–H and O–H groups in total. The van der Waals surface area contributed by atoms with Gasteiger partial charge in [-0.05, 0) is 43.5 Å². The van der Waals surface area contributed by atoms with E-state index >= 15 is 0 Å². The Labute approximate surface area is 101 Å². The van der Waals surface area contributed by atoms with Crippen molar-refractivity contribution in [3.8, 4) is 11.4 Å². The van der Waals surface area contributed by atoms with Gasteiger partial charge < -0.3 is 5.11 Å². The van der Waals surface area contributed by atoms with Crippen molar-refractivity contribution < 1.29 is 5.11 Å².